The molecule has 0 fully saturated rings. The van der Waals surface area contributed by atoms with E-state index in [-0.39, 0.29) is 5.56 Å². The number of nitrogens with zero attached hydrogens (tertiary/aromatic N) is 2. The molecule has 6 N–H and O–H groups in total. The van der Waals surface area contributed by atoms with Gasteiger partial charge >= 0.3 is 5.97 Å². The van der Waals surface area contributed by atoms with E-state index in [1.807, 2.05) is 32.0 Å². The number of hydrogen-bond donors (Lipinski definition) is 5. The number of carboxylic acids is 1. The minimum atomic E-state index is -3.26. The highest BCUT2D eigenvalue weighted by atomic mass is 32.2. The van der Waals surface area contributed by atoms with E-state index in [0.717, 1.165) is 41.3 Å². The zero-order chi connectivity index (χ0) is 30.7. The zero-order valence-electron chi connectivity index (χ0n) is 24.1. The number of aromatic nitrogens is 2. The van der Waals surface area contributed by atoms with Gasteiger partial charge in [-0.15, -0.1) is 0 Å². The third-order valence-electron chi connectivity index (χ3n) is 6.44. The van der Waals surface area contributed by atoms with Crippen LogP contribution in [0.3, 0.4) is 0 Å². The molecule has 0 saturated carbocycles. The number of pyridine rings is 2. The summed E-state index contributed by atoms with van der Waals surface area (Å²) in [5.41, 5.74) is 12.2. The lowest BCUT2D eigenvalue weighted by Crippen LogP contribution is -2.27. The van der Waals surface area contributed by atoms with Crippen molar-refractivity contribution in [2.75, 3.05) is 23.3 Å². The van der Waals surface area contributed by atoms with Crippen LogP contribution in [-0.4, -0.2) is 53.4 Å². The molecule has 1 unspecified atom stereocenters. The number of nitrogen functional groups attached to an aromatic ring is 1. The second-order valence-corrected chi connectivity index (χ2v) is 12.0. The van der Waals surface area contributed by atoms with Crippen molar-refractivity contribution < 1.29 is 23.4 Å². The van der Waals surface area contributed by atoms with E-state index in [1.54, 1.807) is 30.3 Å². The summed E-state index contributed by atoms with van der Waals surface area (Å²) in [6.45, 7) is 4.48. The van der Waals surface area contributed by atoms with E-state index in [4.69, 9.17) is 15.8 Å². The van der Waals surface area contributed by atoms with E-state index < -0.39 is 22.1 Å². The SMILES string of the molecule is CC(C)NCC(O)c1ccc(NS(C)(=O)=O)cc1.Nc1c2c(nc3ccccc13)CCCC2.O=C(O)c1cccnc1. The van der Waals surface area contributed by atoms with Crippen molar-refractivity contribution in [2.45, 2.75) is 51.7 Å². The van der Waals surface area contributed by atoms with Crippen molar-refractivity contribution >= 4 is 38.3 Å². The fourth-order valence-corrected chi connectivity index (χ4v) is 4.92. The third-order valence-corrected chi connectivity index (χ3v) is 7.05. The van der Waals surface area contributed by atoms with Gasteiger partial charge in [0.05, 0.1) is 23.4 Å². The first-order valence-corrected chi connectivity index (χ1v) is 15.6. The number of sulfonamides is 1. The molecule has 11 heteroatoms. The highest BCUT2D eigenvalue weighted by Crippen LogP contribution is 2.30. The van der Waals surface area contributed by atoms with Crippen LogP contribution in [0.15, 0.2) is 73.1 Å². The van der Waals surface area contributed by atoms with Gasteiger partial charge in [0.25, 0.3) is 0 Å². The molecular weight excluding hydrogens is 554 g/mol. The molecule has 224 valence electrons. The quantitative estimate of drug-likeness (QED) is 0.206. The summed E-state index contributed by atoms with van der Waals surface area (Å²) in [5, 5.41) is 22.5. The molecule has 1 aliphatic carbocycles. The number of aliphatic hydroxyl groups is 1. The Kier molecular flexibility index (Phi) is 11.8. The maximum atomic E-state index is 11.0. The van der Waals surface area contributed by atoms with E-state index in [1.165, 1.54) is 42.6 Å². The highest BCUT2D eigenvalue weighted by Gasteiger charge is 2.15. The van der Waals surface area contributed by atoms with Gasteiger partial charge in [-0.25, -0.2) is 13.2 Å². The number of aliphatic hydroxyl groups excluding tert-OH is 1. The van der Waals surface area contributed by atoms with Crippen LogP contribution in [0.25, 0.3) is 10.9 Å². The number of nitrogens with two attached hydrogens (primary N) is 1. The largest absolute Gasteiger partial charge is 0.478 e. The van der Waals surface area contributed by atoms with Crippen LogP contribution in [0.5, 0.6) is 0 Å². The van der Waals surface area contributed by atoms with Crippen LogP contribution in [-0.2, 0) is 22.9 Å². The van der Waals surface area contributed by atoms with Crippen molar-refractivity contribution in [2.24, 2.45) is 0 Å². The number of hydrogen-bond acceptors (Lipinski definition) is 8. The van der Waals surface area contributed by atoms with Gasteiger partial charge in [0, 0.05) is 47.4 Å². The van der Waals surface area contributed by atoms with Crippen LogP contribution in [0.4, 0.5) is 11.4 Å². The normalized spacial score (nSPS) is 13.2. The highest BCUT2D eigenvalue weighted by molar-refractivity contribution is 7.92. The maximum absolute atomic E-state index is 11.0. The lowest BCUT2D eigenvalue weighted by molar-refractivity contribution is 0.0696. The van der Waals surface area contributed by atoms with Crippen molar-refractivity contribution in [3.05, 3.63) is 95.4 Å². The number of aryl methyl sites for hydroxylation is 1. The van der Waals surface area contributed by atoms with E-state index in [2.05, 4.69) is 21.1 Å². The summed E-state index contributed by atoms with van der Waals surface area (Å²) < 4.78 is 24.4. The number of para-hydroxylation sites is 1. The number of carbonyl (C=O) groups is 1. The summed E-state index contributed by atoms with van der Waals surface area (Å²) in [5.74, 6) is -0.942. The van der Waals surface area contributed by atoms with Crippen LogP contribution in [0, 0.1) is 0 Å². The van der Waals surface area contributed by atoms with Gasteiger partial charge in [-0.05, 0) is 67.1 Å². The first kappa shape index (κ1) is 32.5. The van der Waals surface area contributed by atoms with Gasteiger partial charge in [-0.2, -0.15) is 0 Å². The molecule has 2 aromatic carbocycles. The van der Waals surface area contributed by atoms with E-state index in [9.17, 15) is 18.3 Å². The fraction of sp³-hybridized carbons (Fsp3) is 0.323. The molecular formula is C31H39N5O5S. The topological polar surface area (TPSA) is 168 Å². The minimum absolute atomic E-state index is 0.220. The average Bonchev–Trinajstić information content (AvgIpc) is 2.97. The number of benzene rings is 2. The zero-order valence-corrected chi connectivity index (χ0v) is 24.9. The minimum Gasteiger partial charge on any atom is -0.478 e. The Balaban J connectivity index is 0.000000182. The van der Waals surface area contributed by atoms with Gasteiger partial charge < -0.3 is 21.3 Å². The summed E-state index contributed by atoms with van der Waals surface area (Å²) in [6, 6.07) is 18.2. The first-order valence-electron chi connectivity index (χ1n) is 13.7. The Morgan fingerprint density at radius 3 is 2.31 bits per heavy atom. The smallest absolute Gasteiger partial charge is 0.337 e. The van der Waals surface area contributed by atoms with Gasteiger partial charge in [0.1, 0.15) is 0 Å². The number of anilines is 2. The molecule has 42 heavy (non-hydrogen) atoms. The molecule has 1 atom stereocenters. The number of rotatable bonds is 7. The molecule has 0 amide bonds. The number of fused-ring (bicyclic) bond motifs is 2. The molecule has 2 heterocycles. The molecule has 0 saturated heterocycles. The fourth-order valence-electron chi connectivity index (χ4n) is 4.35. The lowest BCUT2D eigenvalue weighted by atomic mass is 9.93. The van der Waals surface area contributed by atoms with Crippen molar-refractivity contribution in [1.29, 1.82) is 0 Å². The van der Waals surface area contributed by atoms with Gasteiger partial charge in [-0.3, -0.25) is 14.7 Å². The molecule has 5 rings (SSSR count). The van der Waals surface area contributed by atoms with E-state index in [0.29, 0.717) is 18.3 Å². The number of nitrogens with one attached hydrogen (secondary N) is 2. The van der Waals surface area contributed by atoms with E-state index >= 15 is 0 Å². The molecule has 0 aliphatic heterocycles. The Morgan fingerprint density at radius 2 is 1.71 bits per heavy atom. The van der Waals surface area contributed by atoms with Gasteiger partial charge in [0.15, 0.2) is 0 Å². The molecule has 4 aromatic rings. The Bertz CT molecular complexity index is 1560. The third kappa shape index (κ3) is 10.1. The molecule has 0 spiro atoms. The Labute approximate surface area is 247 Å². The first-order chi connectivity index (χ1) is 19.9. The molecule has 2 aromatic heterocycles. The van der Waals surface area contributed by atoms with Crippen LogP contribution in [0.2, 0.25) is 0 Å². The second kappa shape index (κ2) is 15.2. The lowest BCUT2D eigenvalue weighted by Gasteiger charge is -2.18. The Hall–Kier alpha value is -4.06. The Morgan fingerprint density at radius 1 is 1.02 bits per heavy atom. The van der Waals surface area contributed by atoms with Crippen molar-refractivity contribution in [3.8, 4) is 0 Å². The van der Waals surface area contributed by atoms with Crippen molar-refractivity contribution in [1.82, 2.24) is 15.3 Å². The number of aromatic carboxylic acids is 1. The summed E-state index contributed by atoms with van der Waals surface area (Å²) >= 11 is 0. The molecule has 1 aliphatic rings. The van der Waals surface area contributed by atoms with Gasteiger partial charge in [-0.1, -0.05) is 44.2 Å². The van der Waals surface area contributed by atoms with Gasteiger partial charge in [0.2, 0.25) is 10.0 Å². The molecule has 0 radical (unpaired) electrons. The summed E-state index contributed by atoms with van der Waals surface area (Å²) in [7, 11) is -3.26. The summed E-state index contributed by atoms with van der Waals surface area (Å²) in [4.78, 5) is 18.5. The monoisotopic (exact) mass is 593 g/mol. The summed E-state index contributed by atoms with van der Waals surface area (Å²) in [6.07, 6.45) is 8.02. The van der Waals surface area contributed by atoms with Crippen LogP contribution < -0.4 is 15.8 Å². The predicted molar refractivity (Wildman–Crippen MR) is 167 cm³/mol. The van der Waals surface area contributed by atoms with Crippen LogP contribution in [0.1, 0.15) is 60.0 Å². The van der Waals surface area contributed by atoms with Crippen LogP contribution >= 0.6 is 0 Å². The number of carboxylic acid groups (broad SMARTS) is 1. The molecule has 10 nitrogen and oxygen atoms in total. The standard InChI is InChI=1S/C13H14N2.C12H20N2O3S.C6H5NO2/c14-13-9-5-1-3-7-11(9)15-12-8-4-2-6-10(12)13;1-9(2)13-8-12(15)10-4-6-11(7-5-10)14-18(3,16)17;8-6(9)5-2-1-3-7-4-5/h1,3,5,7H,2,4,6,8H2,(H2,14,15);4-7,9,12-15H,8H2,1-3H3;1-4H,(H,8,9). The average molecular weight is 594 g/mol. The second-order valence-electron chi connectivity index (χ2n) is 10.3. The molecule has 0 bridgehead atoms. The predicted octanol–water partition coefficient (Wildman–Crippen LogP) is 4.57. The van der Waals surface area contributed by atoms with Crippen molar-refractivity contribution in [3.63, 3.8) is 0 Å². The maximum Gasteiger partial charge on any atom is 0.337 e.